The summed E-state index contributed by atoms with van der Waals surface area (Å²) in [7, 11) is 0. The Morgan fingerprint density at radius 2 is 1.74 bits per heavy atom. The number of hydrogen-bond donors (Lipinski definition) is 2. The second kappa shape index (κ2) is 8.57. The fourth-order valence-electron chi connectivity index (χ4n) is 3.80. The molecule has 1 amide bonds. The van der Waals surface area contributed by atoms with Gasteiger partial charge < -0.3 is 15.1 Å². The van der Waals surface area contributed by atoms with Crippen molar-refractivity contribution in [2.24, 2.45) is 0 Å². The highest BCUT2D eigenvalue weighted by Gasteiger charge is 2.23. The van der Waals surface area contributed by atoms with E-state index >= 15 is 0 Å². The molecule has 2 aromatic carbocycles. The monoisotopic (exact) mass is 366 g/mol. The van der Waals surface area contributed by atoms with Gasteiger partial charge in [-0.2, -0.15) is 0 Å². The minimum absolute atomic E-state index is 0.0458. The van der Waals surface area contributed by atoms with Crippen LogP contribution in [-0.2, 0) is 4.79 Å². The molecule has 0 unspecified atom stereocenters. The van der Waals surface area contributed by atoms with E-state index in [1.165, 1.54) is 32.8 Å². The van der Waals surface area contributed by atoms with Gasteiger partial charge in [-0.1, -0.05) is 36.4 Å². The summed E-state index contributed by atoms with van der Waals surface area (Å²) < 4.78 is 0. The Kier molecular flexibility index (Phi) is 6.17. The van der Waals surface area contributed by atoms with Gasteiger partial charge in [-0.15, -0.1) is 0 Å². The van der Waals surface area contributed by atoms with E-state index in [2.05, 4.69) is 80.4 Å². The van der Waals surface area contributed by atoms with Crippen molar-refractivity contribution >= 4 is 11.6 Å². The Morgan fingerprint density at radius 1 is 1.04 bits per heavy atom. The van der Waals surface area contributed by atoms with Crippen molar-refractivity contribution in [1.82, 2.24) is 5.32 Å². The number of carbonyl (C=O) groups excluding carboxylic acids is 1. The smallest absolute Gasteiger partial charge is 0.275 e. The summed E-state index contributed by atoms with van der Waals surface area (Å²) in [5.74, 6) is 0.139. The first-order valence-electron chi connectivity index (χ1n) is 9.94. The minimum Gasteiger partial charge on any atom is -0.360 e. The molecule has 1 fully saturated rings. The Balaban J connectivity index is 1.49. The van der Waals surface area contributed by atoms with Crippen LogP contribution in [0.4, 0.5) is 5.69 Å². The molecule has 1 atom stereocenters. The second-order valence-electron chi connectivity index (χ2n) is 7.83. The van der Waals surface area contributed by atoms with Crippen LogP contribution in [0.25, 0.3) is 0 Å². The van der Waals surface area contributed by atoms with Crippen LogP contribution < -0.4 is 15.1 Å². The molecule has 2 N–H and O–H groups in total. The number of rotatable bonds is 5. The van der Waals surface area contributed by atoms with Crippen LogP contribution in [-0.4, -0.2) is 38.6 Å². The van der Waals surface area contributed by atoms with Crippen LogP contribution in [0.3, 0.4) is 0 Å². The number of quaternary nitrogens is 1. The van der Waals surface area contributed by atoms with E-state index in [0.29, 0.717) is 6.54 Å². The van der Waals surface area contributed by atoms with Gasteiger partial charge in [0.15, 0.2) is 6.54 Å². The van der Waals surface area contributed by atoms with E-state index in [9.17, 15) is 4.79 Å². The van der Waals surface area contributed by atoms with Crippen LogP contribution in [0.2, 0.25) is 0 Å². The van der Waals surface area contributed by atoms with E-state index in [0.717, 1.165) is 26.2 Å². The molecule has 0 saturated carbocycles. The van der Waals surface area contributed by atoms with Gasteiger partial charge in [-0.25, -0.2) is 0 Å². The van der Waals surface area contributed by atoms with Crippen molar-refractivity contribution in [3.8, 4) is 0 Å². The number of carbonyl (C=O) groups is 1. The molecule has 1 heterocycles. The lowest BCUT2D eigenvalue weighted by Gasteiger charge is -2.34. The number of piperazine rings is 1. The summed E-state index contributed by atoms with van der Waals surface area (Å²) >= 11 is 0. The average molecular weight is 367 g/mol. The highest BCUT2D eigenvalue weighted by molar-refractivity contribution is 5.77. The maximum Gasteiger partial charge on any atom is 0.275 e. The zero-order valence-corrected chi connectivity index (χ0v) is 17.0. The van der Waals surface area contributed by atoms with Crippen molar-refractivity contribution < 1.29 is 9.69 Å². The molecule has 2 aromatic rings. The van der Waals surface area contributed by atoms with Gasteiger partial charge in [0.25, 0.3) is 5.91 Å². The summed E-state index contributed by atoms with van der Waals surface area (Å²) in [6, 6.07) is 15.0. The summed E-state index contributed by atoms with van der Waals surface area (Å²) in [5, 5.41) is 3.17. The lowest BCUT2D eigenvalue weighted by Crippen LogP contribution is -3.16. The van der Waals surface area contributed by atoms with Crippen LogP contribution in [0.5, 0.6) is 0 Å². The maximum atomic E-state index is 12.5. The van der Waals surface area contributed by atoms with E-state index in [-0.39, 0.29) is 11.9 Å². The molecular weight excluding hydrogens is 334 g/mol. The van der Waals surface area contributed by atoms with Crippen LogP contribution in [0.1, 0.15) is 35.2 Å². The molecule has 1 saturated heterocycles. The first kappa shape index (κ1) is 19.4. The third-order valence-electron chi connectivity index (χ3n) is 5.75. The largest absolute Gasteiger partial charge is 0.360 e. The van der Waals surface area contributed by atoms with Crippen LogP contribution >= 0.6 is 0 Å². The summed E-state index contributed by atoms with van der Waals surface area (Å²) in [4.78, 5) is 16.3. The predicted octanol–water partition coefficient (Wildman–Crippen LogP) is 2.19. The zero-order valence-electron chi connectivity index (χ0n) is 17.0. The summed E-state index contributed by atoms with van der Waals surface area (Å²) in [5.41, 5.74) is 6.37. The van der Waals surface area contributed by atoms with Gasteiger partial charge in [-0.05, 0) is 56.0 Å². The van der Waals surface area contributed by atoms with Crippen molar-refractivity contribution in [2.75, 3.05) is 37.6 Å². The lowest BCUT2D eigenvalue weighted by molar-refractivity contribution is -0.892. The highest BCUT2D eigenvalue weighted by atomic mass is 16.2. The topological polar surface area (TPSA) is 36.8 Å². The number of nitrogens with zero attached hydrogens (tertiary/aromatic N) is 1. The SMILES string of the molecule is Cc1ccc([C@@H](C)NC(=O)C[NH+]2CCN(c3ccccc3C)CC2)cc1C. The molecule has 0 spiro atoms. The molecule has 0 bridgehead atoms. The molecule has 0 aromatic heterocycles. The van der Waals surface area contributed by atoms with E-state index in [4.69, 9.17) is 0 Å². The highest BCUT2D eigenvalue weighted by Crippen LogP contribution is 2.19. The average Bonchev–Trinajstić information content (AvgIpc) is 2.65. The van der Waals surface area contributed by atoms with Crippen LogP contribution in [0.15, 0.2) is 42.5 Å². The molecular formula is C23H32N3O+. The number of amides is 1. The first-order valence-corrected chi connectivity index (χ1v) is 9.94. The van der Waals surface area contributed by atoms with Crippen molar-refractivity contribution in [3.05, 3.63) is 64.7 Å². The molecule has 4 heteroatoms. The van der Waals surface area contributed by atoms with Crippen LogP contribution in [0, 0.1) is 20.8 Å². The molecule has 3 rings (SSSR count). The Morgan fingerprint density at radius 3 is 2.41 bits per heavy atom. The number of nitrogens with one attached hydrogen (secondary N) is 2. The van der Waals surface area contributed by atoms with Crippen molar-refractivity contribution in [3.63, 3.8) is 0 Å². The lowest BCUT2D eigenvalue weighted by atomic mass is 10.0. The van der Waals surface area contributed by atoms with Gasteiger partial charge >= 0.3 is 0 Å². The molecule has 144 valence electrons. The number of hydrogen-bond acceptors (Lipinski definition) is 2. The Hall–Kier alpha value is -2.33. The van der Waals surface area contributed by atoms with E-state index in [1.807, 2.05) is 0 Å². The number of anilines is 1. The van der Waals surface area contributed by atoms with Gasteiger partial charge in [0.2, 0.25) is 0 Å². The van der Waals surface area contributed by atoms with Crippen molar-refractivity contribution in [1.29, 1.82) is 0 Å². The number of para-hydroxylation sites is 1. The predicted molar refractivity (Wildman–Crippen MR) is 111 cm³/mol. The fourth-order valence-corrected chi connectivity index (χ4v) is 3.80. The Labute approximate surface area is 163 Å². The third-order valence-corrected chi connectivity index (χ3v) is 5.75. The normalized spacial score (nSPS) is 16.2. The summed E-state index contributed by atoms with van der Waals surface area (Å²) in [6.07, 6.45) is 0. The van der Waals surface area contributed by atoms with E-state index in [1.54, 1.807) is 0 Å². The summed E-state index contributed by atoms with van der Waals surface area (Å²) in [6.45, 7) is 13.0. The molecule has 0 radical (unpaired) electrons. The van der Waals surface area contributed by atoms with Crippen molar-refractivity contribution in [2.45, 2.75) is 33.7 Å². The Bertz CT molecular complexity index is 794. The molecule has 0 aliphatic carbocycles. The quantitative estimate of drug-likeness (QED) is 0.851. The van der Waals surface area contributed by atoms with Gasteiger partial charge in [0.05, 0.1) is 32.2 Å². The first-order chi connectivity index (χ1) is 12.9. The molecule has 27 heavy (non-hydrogen) atoms. The van der Waals surface area contributed by atoms with E-state index < -0.39 is 0 Å². The maximum absolute atomic E-state index is 12.5. The fraction of sp³-hybridized carbons (Fsp3) is 0.435. The zero-order chi connectivity index (χ0) is 19.4. The minimum atomic E-state index is 0.0458. The van der Waals surface area contributed by atoms with Gasteiger partial charge in [0, 0.05) is 5.69 Å². The van der Waals surface area contributed by atoms with Gasteiger partial charge in [-0.3, -0.25) is 4.79 Å². The molecule has 1 aliphatic heterocycles. The molecule has 4 nitrogen and oxygen atoms in total. The van der Waals surface area contributed by atoms with Gasteiger partial charge in [0.1, 0.15) is 0 Å². The third kappa shape index (κ3) is 4.89. The number of aryl methyl sites for hydroxylation is 3. The molecule has 1 aliphatic rings. The standard InChI is InChI=1S/C23H31N3O/c1-17-9-10-21(15-19(17)3)20(4)24-23(27)16-25-11-13-26(14-12-25)22-8-6-5-7-18(22)2/h5-10,15,20H,11-14,16H2,1-4H3,(H,24,27)/p+1/t20-/m1/s1. The second-order valence-corrected chi connectivity index (χ2v) is 7.83. The number of benzene rings is 2.